The van der Waals surface area contributed by atoms with Gasteiger partial charge >= 0.3 is 0 Å². The SMILES string of the molecule is COc1cc(NC(=O)c2ccccc2F)ccc1C(=O)NNC(=S)NCCCN1CCOCC1. The highest BCUT2D eigenvalue weighted by Gasteiger charge is 2.16. The zero-order valence-corrected chi connectivity index (χ0v) is 19.7. The molecule has 4 N–H and O–H groups in total. The zero-order valence-electron chi connectivity index (χ0n) is 18.9. The summed E-state index contributed by atoms with van der Waals surface area (Å²) in [6.45, 7) is 5.02. The first-order chi connectivity index (χ1) is 16.5. The van der Waals surface area contributed by atoms with Crippen LogP contribution in [0.15, 0.2) is 42.5 Å². The molecule has 34 heavy (non-hydrogen) atoms. The Morgan fingerprint density at radius 1 is 1.09 bits per heavy atom. The van der Waals surface area contributed by atoms with Crippen LogP contribution in [0.1, 0.15) is 27.1 Å². The van der Waals surface area contributed by atoms with Crippen molar-refractivity contribution in [3.8, 4) is 5.75 Å². The topological polar surface area (TPSA) is 104 Å². The lowest BCUT2D eigenvalue weighted by atomic mass is 10.1. The van der Waals surface area contributed by atoms with Crippen LogP contribution < -0.4 is 26.2 Å². The summed E-state index contributed by atoms with van der Waals surface area (Å²) >= 11 is 5.20. The first kappa shape index (κ1) is 25.3. The number of benzene rings is 2. The standard InChI is InChI=1S/C23H28FN5O4S/c1-32-20-15-16(26-21(30)17-5-2-3-6-19(17)24)7-8-18(20)22(31)27-28-23(34)25-9-4-10-29-11-13-33-14-12-29/h2-3,5-8,15H,4,9-14H2,1H3,(H,26,30)(H,27,31)(H2,25,28,34). The number of rotatable bonds is 8. The third-order valence-corrected chi connectivity index (χ3v) is 5.40. The van der Waals surface area contributed by atoms with Gasteiger partial charge < -0.3 is 20.1 Å². The molecule has 1 aliphatic heterocycles. The first-order valence-corrected chi connectivity index (χ1v) is 11.3. The maximum absolute atomic E-state index is 13.8. The van der Waals surface area contributed by atoms with E-state index < -0.39 is 17.6 Å². The van der Waals surface area contributed by atoms with Gasteiger partial charge in [-0.25, -0.2) is 4.39 Å². The van der Waals surface area contributed by atoms with E-state index in [2.05, 4.69) is 26.4 Å². The molecule has 182 valence electrons. The van der Waals surface area contributed by atoms with E-state index in [1.165, 1.54) is 43.5 Å². The summed E-state index contributed by atoms with van der Waals surface area (Å²) in [7, 11) is 1.41. The van der Waals surface area contributed by atoms with Crippen LogP contribution in [0.2, 0.25) is 0 Å². The lowest BCUT2D eigenvalue weighted by molar-refractivity contribution is 0.0376. The Balaban J connectivity index is 1.47. The molecule has 0 atom stereocenters. The summed E-state index contributed by atoms with van der Waals surface area (Å²) in [6, 6.07) is 10.2. The normalized spacial score (nSPS) is 13.6. The molecule has 0 spiro atoms. The summed E-state index contributed by atoms with van der Waals surface area (Å²) in [5, 5.41) is 5.94. The molecule has 0 radical (unpaired) electrons. The smallest absolute Gasteiger partial charge is 0.273 e. The second-order valence-electron chi connectivity index (χ2n) is 7.49. The molecule has 3 rings (SSSR count). The van der Waals surface area contributed by atoms with Crippen LogP contribution in [0.25, 0.3) is 0 Å². The minimum absolute atomic E-state index is 0.0848. The number of nitrogens with zero attached hydrogens (tertiary/aromatic N) is 1. The van der Waals surface area contributed by atoms with E-state index >= 15 is 0 Å². The molecule has 2 amide bonds. The molecular weight excluding hydrogens is 461 g/mol. The third-order valence-electron chi connectivity index (χ3n) is 5.15. The Labute approximate surface area is 203 Å². The van der Waals surface area contributed by atoms with Crippen LogP contribution in [0.4, 0.5) is 10.1 Å². The number of amides is 2. The summed E-state index contributed by atoms with van der Waals surface area (Å²) in [5.74, 6) is -1.47. The van der Waals surface area contributed by atoms with Gasteiger partial charge in [0.15, 0.2) is 5.11 Å². The minimum atomic E-state index is -0.625. The van der Waals surface area contributed by atoms with E-state index in [1.54, 1.807) is 6.07 Å². The van der Waals surface area contributed by atoms with E-state index in [0.29, 0.717) is 17.3 Å². The maximum Gasteiger partial charge on any atom is 0.273 e. The molecule has 9 nitrogen and oxygen atoms in total. The average molecular weight is 490 g/mol. The number of ether oxygens (including phenoxy) is 2. The number of methoxy groups -OCH3 is 1. The second-order valence-corrected chi connectivity index (χ2v) is 7.90. The Bertz CT molecular complexity index is 1020. The Hall–Kier alpha value is -3.28. The van der Waals surface area contributed by atoms with Gasteiger partial charge in [-0.15, -0.1) is 0 Å². The quantitative estimate of drug-likeness (QED) is 0.253. The lowest BCUT2D eigenvalue weighted by Crippen LogP contribution is -2.47. The highest BCUT2D eigenvalue weighted by molar-refractivity contribution is 7.80. The number of carbonyl (C=O) groups is 2. The summed E-state index contributed by atoms with van der Waals surface area (Å²) in [4.78, 5) is 27.2. The average Bonchev–Trinajstić information content (AvgIpc) is 2.86. The van der Waals surface area contributed by atoms with Crippen molar-refractivity contribution < 1.29 is 23.5 Å². The van der Waals surface area contributed by atoms with Crippen molar-refractivity contribution in [2.45, 2.75) is 6.42 Å². The molecule has 2 aromatic rings. The molecule has 1 saturated heterocycles. The van der Waals surface area contributed by atoms with Crippen molar-refractivity contribution in [1.29, 1.82) is 0 Å². The van der Waals surface area contributed by atoms with Gasteiger partial charge in [-0.1, -0.05) is 12.1 Å². The molecule has 0 bridgehead atoms. The first-order valence-electron chi connectivity index (χ1n) is 10.9. The van der Waals surface area contributed by atoms with E-state index in [4.69, 9.17) is 21.7 Å². The molecule has 0 aromatic heterocycles. The highest BCUT2D eigenvalue weighted by atomic mass is 32.1. The van der Waals surface area contributed by atoms with Crippen LogP contribution >= 0.6 is 12.2 Å². The number of nitrogens with one attached hydrogen (secondary N) is 4. The van der Waals surface area contributed by atoms with Gasteiger partial charge in [0.2, 0.25) is 0 Å². The largest absolute Gasteiger partial charge is 0.496 e. The van der Waals surface area contributed by atoms with Crippen LogP contribution in [0, 0.1) is 5.82 Å². The van der Waals surface area contributed by atoms with Gasteiger partial charge in [0.25, 0.3) is 11.8 Å². The highest BCUT2D eigenvalue weighted by Crippen LogP contribution is 2.24. The fourth-order valence-electron chi connectivity index (χ4n) is 3.35. The molecule has 1 fully saturated rings. The van der Waals surface area contributed by atoms with Gasteiger partial charge in [0.05, 0.1) is 31.5 Å². The van der Waals surface area contributed by atoms with Gasteiger partial charge in [-0.2, -0.15) is 0 Å². The molecule has 0 aliphatic carbocycles. The molecule has 0 saturated carbocycles. The van der Waals surface area contributed by atoms with E-state index in [1.807, 2.05) is 0 Å². The maximum atomic E-state index is 13.8. The van der Waals surface area contributed by atoms with Crippen LogP contribution in [-0.2, 0) is 4.74 Å². The number of hydrogen-bond donors (Lipinski definition) is 4. The van der Waals surface area contributed by atoms with Crippen molar-refractivity contribution in [3.05, 3.63) is 59.4 Å². The van der Waals surface area contributed by atoms with Crippen molar-refractivity contribution in [3.63, 3.8) is 0 Å². The van der Waals surface area contributed by atoms with E-state index in [9.17, 15) is 14.0 Å². The predicted molar refractivity (Wildman–Crippen MR) is 130 cm³/mol. The molecule has 2 aromatic carbocycles. The van der Waals surface area contributed by atoms with Crippen LogP contribution in [0.5, 0.6) is 5.75 Å². The fourth-order valence-corrected chi connectivity index (χ4v) is 3.51. The number of thiocarbonyl (C=S) groups is 1. The predicted octanol–water partition coefficient (Wildman–Crippen LogP) is 1.92. The third kappa shape index (κ3) is 7.37. The second kappa shape index (κ2) is 12.8. The number of anilines is 1. The zero-order chi connectivity index (χ0) is 24.3. The number of hydrazine groups is 1. The van der Waals surface area contributed by atoms with Crippen molar-refractivity contribution in [2.24, 2.45) is 0 Å². The summed E-state index contributed by atoms with van der Waals surface area (Å²) in [5.41, 5.74) is 5.69. The minimum Gasteiger partial charge on any atom is -0.496 e. The Morgan fingerprint density at radius 2 is 1.85 bits per heavy atom. The van der Waals surface area contributed by atoms with Crippen molar-refractivity contribution >= 4 is 34.8 Å². The number of carbonyl (C=O) groups excluding carboxylic acids is 2. The molecule has 11 heteroatoms. The van der Waals surface area contributed by atoms with Gasteiger partial charge in [-0.3, -0.25) is 25.3 Å². The van der Waals surface area contributed by atoms with Gasteiger partial charge in [0, 0.05) is 31.4 Å². The van der Waals surface area contributed by atoms with E-state index in [-0.39, 0.29) is 16.9 Å². The summed E-state index contributed by atoms with van der Waals surface area (Å²) in [6.07, 6.45) is 0.906. The molecule has 1 heterocycles. The fraction of sp³-hybridized carbons (Fsp3) is 0.348. The van der Waals surface area contributed by atoms with Gasteiger partial charge in [0.1, 0.15) is 11.6 Å². The Kier molecular flexibility index (Phi) is 9.56. The van der Waals surface area contributed by atoms with Crippen molar-refractivity contribution in [1.82, 2.24) is 21.1 Å². The molecular formula is C23H28FN5O4S. The monoisotopic (exact) mass is 489 g/mol. The lowest BCUT2D eigenvalue weighted by Gasteiger charge is -2.26. The Morgan fingerprint density at radius 3 is 2.59 bits per heavy atom. The van der Waals surface area contributed by atoms with Crippen LogP contribution in [-0.4, -0.2) is 68.3 Å². The van der Waals surface area contributed by atoms with Gasteiger partial charge in [-0.05, 0) is 49.4 Å². The number of hydrogen-bond acceptors (Lipinski definition) is 6. The van der Waals surface area contributed by atoms with Crippen molar-refractivity contribution in [2.75, 3.05) is 51.8 Å². The molecule has 0 unspecified atom stereocenters. The van der Waals surface area contributed by atoms with Crippen LogP contribution in [0.3, 0.4) is 0 Å². The number of morpholine rings is 1. The van der Waals surface area contributed by atoms with E-state index in [0.717, 1.165) is 39.3 Å². The molecule has 1 aliphatic rings. The number of halogens is 1. The summed E-state index contributed by atoms with van der Waals surface area (Å²) < 4.78 is 24.4.